The lowest BCUT2D eigenvalue weighted by Crippen LogP contribution is -2.32. The first-order chi connectivity index (χ1) is 10.9. The van der Waals surface area contributed by atoms with Crippen LogP contribution in [0.25, 0.3) is 11.1 Å². The second-order valence-electron chi connectivity index (χ2n) is 6.78. The zero-order valence-electron chi connectivity index (χ0n) is 13.5. The van der Waals surface area contributed by atoms with Crippen LogP contribution in [0.1, 0.15) is 37.8 Å². The van der Waals surface area contributed by atoms with Gasteiger partial charge in [0.25, 0.3) is 0 Å². The molecule has 0 aromatic heterocycles. The monoisotopic (exact) mass is 307 g/mol. The van der Waals surface area contributed by atoms with Crippen molar-refractivity contribution in [2.75, 3.05) is 0 Å². The van der Waals surface area contributed by atoms with Crippen LogP contribution in [-0.4, -0.2) is 17.9 Å². The maximum absolute atomic E-state index is 12.5. The van der Waals surface area contributed by atoms with Crippen LogP contribution in [0, 0.1) is 5.92 Å². The Morgan fingerprint density at radius 2 is 1.48 bits per heavy atom. The van der Waals surface area contributed by atoms with Gasteiger partial charge < -0.3 is 4.74 Å². The van der Waals surface area contributed by atoms with Crippen LogP contribution in [0.5, 0.6) is 0 Å². The molecule has 0 fully saturated rings. The third-order valence-electron chi connectivity index (χ3n) is 4.00. The SMILES string of the molecule is CC(C)(C)OC(=O)C([C]=O)C1c2ccccc2-c2ccccc21. The Kier molecular flexibility index (Phi) is 3.80. The van der Waals surface area contributed by atoms with Gasteiger partial charge in [-0.2, -0.15) is 0 Å². The smallest absolute Gasteiger partial charge is 0.318 e. The highest BCUT2D eigenvalue weighted by Gasteiger charge is 2.40. The van der Waals surface area contributed by atoms with E-state index in [2.05, 4.69) is 0 Å². The van der Waals surface area contributed by atoms with E-state index in [0.29, 0.717) is 0 Å². The van der Waals surface area contributed by atoms with E-state index < -0.39 is 17.5 Å². The number of ether oxygens (including phenoxy) is 1. The first kappa shape index (κ1) is 15.5. The molecule has 3 rings (SSSR count). The summed E-state index contributed by atoms with van der Waals surface area (Å²) in [7, 11) is 0. The molecule has 1 radical (unpaired) electrons. The first-order valence-electron chi connectivity index (χ1n) is 7.71. The molecule has 23 heavy (non-hydrogen) atoms. The summed E-state index contributed by atoms with van der Waals surface area (Å²) in [5, 5.41) is 0. The molecular formula is C20H19O3. The molecule has 0 aliphatic heterocycles. The fourth-order valence-corrected chi connectivity index (χ4v) is 3.17. The predicted octanol–water partition coefficient (Wildman–Crippen LogP) is 3.87. The van der Waals surface area contributed by atoms with Crippen molar-refractivity contribution >= 4 is 12.3 Å². The molecular weight excluding hydrogens is 288 g/mol. The number of benzene rings is 2. The third-order valence-corrected chi connectivity index (χ3v) is 4.00. The molecule has 0 spiro atoms. The van der Waals surface area contributed by atoms with Crippen molar-refractivity contribution in [2.24, 2.45) is 5.92 Å². The van der Waals surface area contributed by atoms with Gasteiger partial charge in [-0.15, -0.1) is 0 Å². The highest BCUT2D eigenvalue weighted by molar-refractivity contribution is 5.93. The maximum atomic E-state index is 12.5. The first-order valence-corrected chi connectivity index (χ1v) is 7.71. The molecule has 1 aliphatic rings. The number of rotatable bonds is 3. The summed E-state index contributed by atoms with van der Waals surface area (Å²) < 4.78 is 5.43. The van der Waals surface area contributed by atoms with Gasteiger partial charge in [-0.05, 0) is 43.0 Å². The number of carbonyl (C=O) groups excluding carboxylic acids is 2. The zero-order valence-corrected chi connectivity index (χ0v) is 13.5. The third kappa shape index (κ3) is 2.79. The molecule has 117 valence electrons. The molecule has 0 N–H and O–H groups in total. The van der Waals surface area contributed by atoms with Gasteiger partial charge >= 0.3 is 5.97 Å². The fraction of sp³-hybridized carbons (Fsp3) is 0.300. The molecule has 0 amide bonds. The van der Waals surface area contributed by atoms with Crippen LogP contribution in [0.3, 0.4) is 0 Å². The highest BCUT2D eigenvalue weighted by atomic mass is 16.6. The van der Waals surface area contributed by atoms with Crippen LogP contribution in [0.2, 0.25) is 0 Å². The lowest BCUT2D eigenvalue weighted by molar-refractivity contribution is -0.157. The van der Waals surface area contributed by atoms with Gasteiger partial charge in [0.2, 0.25) is 6.29 Å². The van der Waals surface area contributed by atoms with E-state index in [9.17, 15) is 9.59 Å². The minimum atomic E-state index is -0.959. The molecule has 0 saturated heterocycles. The van der Waals surface area contributed by atoms with E-state index in [1.807, 2.05) is 54.8 Å². The standard InChI is InChI=1S/C20H19O3/c1-20(2,3)23-19(22)17(12-21)18-15-10-6-4-8-13(15)14-9-5-7-11-16(14)18/h4-11,17-18H,1-3H3. The van der Waals surface area contributed by atoms with E-state index >= 15 is 0 Å². The number of fused-ring (bicyclic) bond motifs is 3. The minimum absolute atomic E-state index is 0.338. The molecule has 0 bridgehead atoms. The van der Waals surface area contributed by atoms with Crippen LogP contribution >= 0.6 is 0 Å². The van der Waals surface area contributed by atoms with Gasteiger partial charge in [0.05, 0.1) is 0 Å². The predicted molar refractivity (Wildman–Crippen MR) is 88.7 cm³/mol. The summed E-state index contributed by atoms with van der Waals surface area (Å²) in [5.41, 5.74) is 3.46. The van der Waals surface area contributed by atoms with Crippen LogP contribution in [0.15, 0.2) is 48.5 Å². The van der Waals surface area contributed by atoms with Crippen molar-refractivity contribution in [3.63, 3.8) is 0 Å². The van der Waals surface area contributed by atoms with Crippen molar-refractivity contribution < 1.29 is 14.3 Å². The molecule has 1 atom stereocenters. The van der Waals surface area contributed by atoms with Crippen molar-refractivity contribution in [3.05, 3.63) is 59.7 Å². The molecule has 3 nitrogen and oxygen atoms in total. The summed E-state index contributed by atoms with van der Waals surface area (Å²) in [4.78, 5) is 24.1. The Morgan fingerprint density at radius 3 is 1.91 bits per heavy atom. The topological polar surface area (TPSA) is 43.4 Å². The molecule has 0 heterocycles. The van der Waals surface area contributed by atoms with E-state index in [4.69, 9.17) is 4.74 Å². The Labute approximate surface area is 136 Å². The summed E-state index contributed by atoms with van der Waals surface area (Å²) in [6.45, 7) is 5.38. The number of esters is 1. The summed E-state index contributed by atoms with van der Waals surface area (Å²) >= 11 is 0. The Bertz CT molecular complexity index is 710. The highest BCUT2D eigenvalue weighted by Crippen LogP contribution is 2.47. The Balaban J connectivity index is 2.07. The quantitative estimate of drug-likeness (QED) is 0.638. The zero-order chi connectivity index (χ0) is 16.6. The Hall–Kier alpha value is -2.42. The van der Waals surface area contributed by atoms with Crippen molar-refractivity contribution in [1.29, 1.82) is 0 Å². The largest absolute Gasteiger partial charge is 0.459 e. The van der Waals surface area contributed by atoms with Gasteiger partial charge in [0, 0.05) is 5.92 Å². The normalized spacial score (nSPS) is 14.7. The lowest BCUT2D eigenvalue weighted by atomic mass is 9.85. The lowest BCUT2D eigenvalue weighted by Gasteiger charge is -2.25. The number of hydrogen-bond donors (Lipinski definition) is 0. The Morgan fingerprint density at radius 1 is 1.00 bits per heavy atom. The molecule has 0 saturated carbocycles. The minimum Gasteiger partial charge on any atom is -0.459 e. The van der Waals surface area contributed by atoms with E-state index in [1.54, 1.807) is 20.8 Å². The fourth-order valence-electron chi connectivity index (χ4n) is 3.17. The molecule has 3 heteroatoms. The van der Waals surface area contributed by atoms with E-state index in [0.717, 1.165) is 22.3 Å². The van der Waals surface area contributed by atoms with Gasteiger partial charge in [0.15, 0.2) is 0 Å². The second-order valence-corrected chi connectivity index (χ2v) is 6.78. The van der Waals surface area contributed by atoms with Crippen molar-refractivity contribution in [3.8, 4) is 11.1 Å². The van der Waals surface area contributed by atoms with Gasteiger partial charge in [-0.1, -0.05) is 48.5 Å². The van der Waals surface area contributed by atoms with Gasteiger partial charge in [-0.3, -0.25) is 9.59 Å². The molecule has 1 unspecified atom stereocenters. The van der Waals surface area contributed by atoms with E-state index in [-0.39, 0.29) is 5.92 Å². The summed E-state index contributed by atoms with van der Waals surface area (Å²) in [6, 6.07) is 15.7. The molecule has 2 aromatic rings. The van der Waals surface area contributed by atoms with Crippen LogP contribution in [-0.2, 0) is 14.3 Å². The number of carbonyl (C=O) groups is 1. The van der Waals surface area contributed by atoms with Gasteiger partial charge in [-0.25, -0.2) is 0 Å². The maximum Gasteiger partial charge on any atom is 0.318 e. The second kappa shape index (κ2) is 5.65. The summed E-state index contributed by atoms with van der Waals surface area (Å²) in [5.74, 6) is -1.82. The average molecular weight is 307 g/mol. The van der Waals surface area contributed by atoms with Crippen molar-refractivity contribution in [2.45, 2.75) is 32.3 Å². The molecule has 2 aromatic carbocycles. The number of hydrogen-bond acceptors (Lipinski definition) is 3. The van der Waals surface area contributed by atoms with Crippen LogP contribution in [0.4, 0.5) is 0 Å². The van der Waals surface area contributed by atoms with Gasteiger partial charge in [0.1, 0.15) is 11.5 Å². The summed E-state index contributed by atoms with van der Waals surface area (Å²) in [6.07, 6.45) is 1.92. The molecule has 1 aliphatic carbocycles. The van der Waals surface area contributed by atoms with Crippen LogP contribution < -0.4 is 0 Å². The average Bonchev–Trinajstić information content (AvgIpc) is 2.82. The van der Waals surface area contributed by atoms with E-state index in [1.165, 1.54) is 0 Å². The van der Waals surface area contributed by atoms with Crippen molar-refractivity contribution in [1.82, 2.24) is 0 Å².